The van der Waals surface area contributed by atoms with Gasteiger partial charge < -0.3 is 10.6 Å². The highest BCUT2D eigenvalue weighted by Gasteiger charge is 2.08. The van der Waals surface area contributed by atoms with Crippen LogP contribution in [0.1, 0.15) is 31.9 Å². The van der Waals surface area contributed by atoms with Gasteiger partial charge >= 0.3 is 0 Å². The van der Waals surface area contributed by atoms with E-state index in [2.05, 4.69) is 35.0 Å². The number of unbranched alkanes of at least 4 members (excludes halogenated alkanes) is 2. The minimum Gasteiger partial charge on any atom is -0.397 e. The predicted molar refractivity (Wildman–Crippen MR) is 97.0 cm³/mol. The van der Waals surface area contributed by atoms with Crippen LogP contribution in [0.5, 0.6) is 0 Å². The zero-order valence-corrected chi connectivity index (χ0v) is 13.7. The summed E-state index contributed by atoms with van der Waals surface area (Å²) in [5, 5.41) is 0. The van der Waals surface area contributed by atoms with Gasteiger partial charge in [-0.1, -0.05) is 44.0 Å². The lowest BCUT2D eigenvalue weighted by atomic mass is 10.0. The monoisotopic (exact) mass is 295 g/mol. The standard InChI is InChI=1S/C19H25N3/c1-4-5-6-7-11-18-17(20)13-15(14-21-18)16-10-8-9-12-19(16)22(2)3/h7-14H,4-6,20H2,1-3H3/b11-7-. The molecule has 116 valence electrons. The number of nitrogens with zero attached hydrogens (tertiary/aromatic N) is 2. The van der Waals surface area contributed by atoms with Gasteiger partial charge in [0.25, 0.3) is 0 Å². The number of nitrogens with two attached hydrogens (primary N) is 1. The molecule has 0 spiro atoms. The Morgan fingerprint density at radius 2 is 2.00 bits per heavy atom. The van der Waals surface area contributed by atoms with Crippen LogP contribution in [0, 0.1) is 0 Å². The normalized spacial score (nSPS) is 11.0. The number of nitrogen functional groups attached to an aromatic ring is 1. The maximum atomic E-state index is 6.17. The lowest BCUT2D eigenvalue weighted by Crippen LogP contribution is -2.09. The van der Waals surface area contributed by atoms with Crippen molar-refractivity contribution in [3.8, 4) is 11.1 Å². The number of benzene rings is 1. The molecule has 2 rings (SSSR count). The van der Waals surface area contributed by atoms with Gasteiger partial charge in [0.2, 0.25) is 0 Å². The van der Waals surface area contributed by atoms with Gasteiger partial charge in [-0.05, 0) is 24.6 Å². The van der Waals surface area contributed by atoms with E-state index in [9.17, 15) is 0 Å². The van der Waals surface area contributed by atoms with Gasteiger partial charge in [0.1, 0.15) is 0 Å². The summed E-state index contributed by atoms with van der Waals surface area (Å²) in [6.07, 6.45) is 9.54. The molecular weight excluding hydrogens is 270 g/mol. The molecule has 22 heavy (non-hydrogen) atoms. The lowest BCUT2D eigenvalue weighted by Gasteiger charge is -2.17. The first-order valence-corrected chi connectivity index (χ1v) is 7.82. The minimum absolute atomic E-state index is 0.721. The van der Waals surface area contributed by atoms with Crippen LogP contribution in [-0.4, -0.2) is 19.1 Å². The van der Waals surface area contributed by atoms with Crippen molar-refractivity contribution < 1.29 is 0 Å². The van der Waals surface area contributed by atoms with E-state index in [1.54, 1.807) is 0 Å². The number of aromatic nitrogens is 1. The van der Waals surface area contributed by atoms with Gasteiger partial charge in [-0.2, -0.15) is 0 Å². The first-order valence-electron chi connectivity index (χ1n) is 7.82. The Morgan fingerprint density at radius 3 is 2.68 bits per heavy atom. The van der Waals surface area contributed by atoms with Gasteiger partial charge in [-0.15, -0.1) is 0 Å². The second kappa shape index (κ2) is 7.64. The summed E-state index contributed by atoms with van der Waals surface area (Å²) in [4.78, 5) is 6.62. The fourth-order valence-corrected chi connectivity index (χ4v) is 2.40. The molecule has 2 N–H and O–H groups in total. The number of anilines is 2. The van der Waals surface area contributed by atoms with E-state index < -0.39 is 0 Å². The van der Waals surface area contributed by atoms with Gasteiger partial charge in [0.15, 0.2) is 0 Å². The molecule has 1 aromatic carbocycles. The maximum Gasteiger partial charge on any atom is 0.0856 e. The van der Waals surface area contributed by atoms with Gasteiger partial charge in [-0.3, -0.25) is 4.98 Å². The van der Waals surface area contributed by atoms with Crippen LogP contribution in [0.25, 0.3) is 17.2 Å². The predicted octanol–water partition coefficient (Wildman–Crippen LogP) is 4.60. The number of hydrogen-bond donors (Lipinski definition) is 1. The average molecular weight is 295 g/mol. The summed E-state index contributed by atoms with van der Waals surface area (Å²) in [5.74, 6) is 0. The molecule has 0 saturated carbocycles. The smallest absolute Gasteiger partial charge is 0.0856 e. The molecular formula is C19H25N3. The van der Waals surface area contributed by atoms with E-state index >= 15 is 0 Å². The number of allylic oxidation sites excluding steroid dienone is 1. The Balaban J connectivity index is 2.28. The molecule has 0 aliphatic rings. The van der Waals surface area contributed by atoms with E-state index in [0.717, 1.165) is 34.6 Å². The number of pyridine rings is 1. The third kappa shape index (κ3) is 3.88. The molecule has 0 saturated heterocycles. The molecule has 0 amide bonds. The Bertz CT molecular complexity index is 645. The topological polar surface area (TPSA) is 42.2 Å². The fourth-order valence-electron chi connectivity index (χ4n) is 2.40. The zero-order chi connectivity index (χ0) is 15.9. The van der Waals surface area contributed by atoms with Crippen LogP contribution in [0.3, 0.4) is 0 Å². The first-order chi connectivity index (χ1) is 10.6. The van der Waals surface area contributed by atoms with Crippen molar-refractivity contribution in [3.63, 3.8) is 0 Å². The third-order valence-corrected chi connectivity index (χ3v) is 3.65. The number of rotatable bonds is 6. The van der Waals surface area contributed by atoms with Gasteiger partial charge in [0.05, 0.1) is 11.4 Å². The zero-order valence-electron chi connectivity index (χ0n) is 13.7. The summed E-state index contributed by atoms with van der Waals surface area (Å²) in [6.45, 7) is 2.19. The van der Waals surface area contributed by atoms with E-state index in [-0.39, 0.29) is 0 Å². The summed E-state index contributed by atoms with van der Waals surface area (Å²) in [7, 11) is 4.08. The van der Waals surface area contributed by atoms with Crippen LogP contribution >= 0.6 is 0 Å². The highest BCUT2D eigenvalue weighted by molar-refractivity contribution is 5.80. The molecule has 0 aliphatic heterocycles. The Hall–Kier alpha value is -2.29. The lowest BCUT2D eigenvalue weighted by molar-refractivity contribution is 0.816. The average Bonchev–Trinajstić information content (AvgIpc) is 2.52. The highest BCUT2D eigenvalue weighted by Crippen LogP contribution is 2.30. The largest absolute Gasteiger partial charge is 0.397 e. The van der Waals surface area contributed by atoms with Gasteiger partial charge in [-0.25, -0.2) is 0 Å². The Kier molecular flexibility index (Phi) is 5.59. The minimum atomic E-state index is 0.721. The van der Waals surface area contributed by atoms with E-state index in [1.807, 2.05) is 44.6 Å². The Labute approximate surface area is 133 Å². The summed E-state index contributed by atoms with van der Waals surface area (Å²) in [5.41, 5.74) is 11.1. The summed E-state index contributed by atoms with van der Waals surface area (Å²) >= 11 is 0. The molecule has 0 unspecified atom stereocenters. The highest BCUT2D eigenvalue weighted by atomic mass is 15.1. The number of hydrogen-bond acceptors (Lipinski definition) is 3. The van der Waals surface area contributed by atoms with Crippen LogP contribution in [0.15, 0.2) is 42.6 Å². The van der Waals surface area contributed by atoms with Crippen molar-refractivity contribution in [3.05, 3.63) is 48.3 Å². The van der Waals surface area contributed by atoms with Crippen LogP contribution in [0.2, 0.25) is 0 Å². The maximum absolute atomic E-state index is 6.17. The van der Waals surface area contributed by atoms with Crippen molar-refractivity contribution in [1.29, 1.82) is 0 Å². The van der Waals surface area contributed by atoms with E-state index in [0.29, 0.717) is 0 Å². The summed E-state index contributed by atoms with van der Waals surface area (Å²) < 4.78 is 0. The van der Waals surface area contributed by atoms with E-state index in [4.69, 9.17) is 5.73 Å². The van der Waals surface area contributed by atoms with E-state index in [1.165, 1.54) is 12.8 Å². The van der Waals surface area contributed by atoms with Crippen LogP contribution in [0.4, 0.5) is 11.4 Å². The first kappa shape index (κ1) is 16.1. The van der Waals surface area contributed by atoms with Crippen LogP contribution in [-0.2, 0) is 0 Å². The second-order valence-electron chi connectivity index (χ2n) is 5.65. The van der Waals surface area contributed by atoms with Crippen molar-refractivity contribution in [2.45, 2.75) is 26.2 Å². The molecule has 0 radical (unpaired) electrons. The van der Waals surface area contributed by atoms with Crippen molar-refractivity contribution in [2.24, 2.45) is 0 Å². The van der Waals surface area contributed by atoms with Crippen molar-refractivity contribution >= 4 is 17.5 Å². The van der Waals surface area contributed by atoms with Crippen molar-refractivity contribution in [2.75, 3.05) is 24.7 Å². The van der Waals surface area contributed by atoms with Crippen molar-refractivity contribution in [1.82, 2.24) is 4.98 Å². The van der Waals surface area contributed by atoms with Gasteiger partial charge in [0, 0.05) is 37.1 Å². The molecule has 2 aromatic rings. The van der Waals surface area contributed by atoms with Crippen LogP contribution < -0.4 is 10.6 Å². The fraction of sp³-hybridized carbons (Fsp3) is 0.316. The summed E-state index contributed by atoms with van der Waals surface area (Å²) in [6, 6.07) is 10.3. The third-order valence-electron chi connectivity index (χ3n) is 3.65. The molecule has 3 heteroatoms. The quantitative estimate of drug-likeness (QED) is 0.792. The molecule has 1 heterocycles. The molecule has 3 nitrogen and oxygen atoms in total. The second-order valence-corrected chi connectivity index (χ2v) is 5.65. The molecule has 0 aliphatic carbocycles. The SMILES string of the molecule is CCCC/C=C\c1ncc(-c2ccccc2N(C)C)cc1N. The number of para-hydroxylation sites is 1. The Morgan fingerprint density at radius 1 is 1.23 bits per heavy atom. The molecule has 1 aromatic heterocycles. The molecule has 0 bridgehead atoms. The molecule has 0 atom stereocenters. The molecule has 0 fully saturated rings.